The highest BCUT2D eigenvalue weighted by Crippen LogP contribution is 2.44. The van der Waals surface area contributed by atoms with Crippen LogP contribution in [0.4, 0.5) is 16.2 Å². The Morgan fingerprint density at radius 1 is 1.11 bits per heavy atom. The van der Waals surface area contributed by atoms with E-state index in [4.69, 9.17) is 9.47 Å². The van der Waals surface area contributed by atoms with Crippen LogP contribution in [-0.4, -0.2) is 67.7 Å². The van der Waals surface area contributed by atoms with Crippen LogP contribution in [0.5, 0.6) is 5.75 Å². The number of rotatable bonds is 4. The maximum absolute atomic E-state index is 13.3. The molecule has 2 aromatic carbocycles. The number of aromatic nitrogens is 2. The Balaban J connectivity index is 1.10. The van der Waals surface area contributed by atoms with E-state index in [-0.39, 0.29) is 12.5 Å². The normalized spacial score (nSPS) is 20.4. The number of carbonyl (C=O) groups is 2. The molecule has 0 aliphatic carbocycles. The molecule has 3 aliphatic rings. The van der Waals surface area contributed by atoms with Gasteiger partial charge >= 0.3 is 6.03 Å². The Hall–Kier alpha value is -3.85. The second kappa shape index (κ2) is 9.79. The van der Waals surface area contributed by atoms with Gasteiger partial charge < -0.3 is 24.6 Å². The summed E-state index contributed by atoms with van der Waals surface area (Å²) in [6.45, 7) is 5.77. The van der Waals surface area contributed by atoms with Crippen LogP contribution in [0.2, 0.25) is 0 Å². The van der Waals surface area contributed by atoms with Crippen molar-refractivity contribution in [2.45, 2.75) is 32.2 Å². The second-order valence-corrected chi connectivity index (χ2v) is 10.8. The van der Waals surface area contributed by atoms with Crippen LogP contribution < -0.4 is 19.9 Å². The summed E-state index contributed by atoms with van der Waals surface area (Å²) in [6, 6.07) is 12.9. The predicted molar refractivity (Wildman–Crippen MR) is 144 cm³/mol. The molecule has 3 aliphatic heterocycles. The number of nitrogens with one attached hydrogen (secondary N) is 1. The number of carbonyl (C=O) groups excluding carboxylic acids is 2. The van der Waals surface area contributed by atoms with E-state index in [0.29, 0.717) is 23.3 Å². The van der Waals surface area contributed by atoms with E-state index < -0.39 is 12.1 Å². The largest absolute Gasteiger partial charge is 0.489 e. The third-order valence-corrected chi connectivity index (χ3v) is 7.98. The molecular formula is C29H33N5O4. The molecule has 1 aromatic heterocycles. The quantitative estimate of drug-likeness (QED) is 0.573. The molecular weight excluding hydrogens is 482 g/mol. The Morgan fingerprint density at radius 3 is 2.63 bits per heavy atom. The fourth-order valence-corrected chi connectivity index (χ4v) is 5.57. The van der Waals surface area contributed by atoms with Crippen LogP contribution >= 0.6 is 0 Å². The van der Waals surface area contributed by atoms with Gasteiger partial charge in [-0.1, -0.05) is 29.8 Å². The van der Waals surface area contributed by atoms with Crippen molar-refractivity contribution >= 4 is 23.3 Å². The first kappa shape index (κ1) is 24.5. The van der Waals surface area contributed by atoms with E-state index in [9.17, 15) is 9.59 Å². The van der Waals surface area contributed by atoms with Gasteiger partial charge in [-0.2, -0.15) is 9.78 Å². The van der Waals surface area contributed by atoms with Crippen LogP contribution in [0.15, 0.2) is 54.9 Å². The van der Waals surface area contributed by atoms with Crippen molar-refractivity contribution in [1.29, 1.82) is 0 Å². The summed E-state index contributed by atoms with van der Waals surface area (Å²) in [5.41, 5.74) is 5.39. The van der Waals surface area contributed by atoms with Crippen molar-refractivity contribution in [2.24, 2.45) is 5.41 Å². The van der Waals surface area contributed by atoms with Crippen molar-refractivity contribution in [3.05, 3.63) is 71.5 Å². The minimum atomic E-state index is -0.831. The zero-order valence-corrected chi connectivity index (χ0v) is 21.9. The highest BCUT2D eigenvalue weighted by Gasteiger charge is 2.44. The Bertz CT molecular complexity index is 1340. The number of aryl methyl sites for hydroxylation is 1. The van der Waals surface area contributed by atoms with Gasteiger partial charge in [0, 0.05) is 57.1 Å². The number of ether oxygens (including phenoxy) is 2. The Kier molecular flexibility index (Phi) is 6.31. The SMILES string of the molecule is Cc1ccc(Cc2cnn(C(=O)N[C@H]3COc4ccc(N5CC6(CCOCC6)C5)cc4N(C)C3=O)c2)cc1. The van der Waals surface area contributed by atoms with E-state index in [1.165, 1.54) is 10.2 Å². The number of fused-ring (bicyclic) bond motifs is 1. The lowest BCUT2D eigenvalue weighted by atomic mass is 9.73. The van der Waals surface area contributed by atoms with Gasteiger partial charge in [-0.3, -0.25) is 4.79 Å². The minimum absolute atomic E-state index is 0.0472. The average Bonchev–Trinajstić information content (AvgIpc) is 3.35. The molecule has 0 radical (unpaired) electrons. The number of benzene rings is 2. The average molecular weight is 516 g/mol. The van der Waals surface area contributed by atoms with Crippen LogP contribution in [0.1, 0.15) is 29.5 Å². The van der Waals surface area contributed by atoms with Gasteiger partial charge in [-0.15, -0.1) is 0 Å². The molecule has 0 saturated carbocycles. The fourth-order valence-electron chi connectivity index (χ4n) is 5.57. The van der Waals surface area contributed by atoms with Crippen molar-refractivity contribution in [3.8, 4) is 5.75 Å². The molecule has 1 atom stereocenters. The Labute approximate surface area is 222 Å². The summed E-state index contributed by atoms with van der Waals surface area (Å²) in [5, 5.41) is 7.01. The topological polar surface area (TPSA) is 88.9 Å². The van der Waals surface area contributed by atoms with Gasteiger partial charge in [-0.25, -0.2) is 4.79 Å². The molecule has 3 aromatic rings. The standard InChI is InChI=1S/C29H33N5O4/c1-20-3-5-21(6-4-20)13-22-15-30-34(16-22)28(36)31-24-17-38-26-8-7-23(14-25(26)32(2)27(24)35)33-18-29(19-33)9-11-37-12-10-29/h3-8,14-16,24H,9-13,17-19H2,1-2H3,(H,31,36)/t24-/m0/s1. The summed E-state index contributed by atoms with van der Waals surface area (Å²) in [5.74, 6) is 0.396. The number of nitrogens with zero attached hydrogens (tertiary/aromatic N) is 4. The number of hydrogen-bond acceptors (Lipinski definition) is 6. The number of likely N-dealkylation sites (N-methyl/N-ethyl adjacent to an activating group) is 1. The third kappa shape index (κ3) is 4.74. The number of amides is 2. The third-order valence-electron chi connectivity index (χ3n) is 7.98. The first-order chi connectivity index (χ1) is 18.4. The summed E-state index contributed by atoms with van der Waals surface area (Å²) < 4.78 is 12.8. The monoisotopic (exact) mass is 515 g/mol. The lowest BCUT2D eigenvalue weighted by Gasteiger charge is -2.53. The van der Waals surface area contributed by atoms with Gasteiger partial charge in [0.1, 0.15) is 18.4 Å². The second-order valence-electron chi connectivity index (χ2n) is 10.8. The van der Waals surface area contributed by atoms with Crippen molar-refractivity contribution < 1.29 is 19.1 Å². The zero-order chi connectivity index (χ0) is 26.3. The first-order valence-electron chi connectivity index (χ1n) is 13.2. The lowest BCUT2D eigenvalue weighted by molar-refractivity contribution is -0.120. The van der Waals surface area contributed by atoms with Gasteiger partial charge in [0.25, 0.3) is 5.91 Å². The molecule has 2 saturated heterocycles. The maximum atomic E-state index is 13.3. The van der Waals surface area contributed by atoms with E-state index >= 15 is 0 Å². The van der Waals surface area contributed by atoms with Gasteiger partial charge in [0.15, 0.2) is 0 Å². The van der Waals surface area contributed by atoms with Gasteiger partial charge in [0.05, 0.1) is 11.9 Å². The Morgan fingerprint density at radius 2 is 1.87 bits per heavy atom. The van der Waals surface area contributed by atoms with E-state index in [2.05, 4.69) is 39.6 Å². The van der Waals surface area contributed by atoms with Gasteiger partial charge in [-0.05, 0) is 49.1 Å². The molecule has 6 rings (SSSR count). The molecule has 9 heteroatoms. The summed E-state index contributed by atoms with van der Waals surface area (Å²) in [4.78, 5) is 30.2. The van der Waals surface area contributed by atoms with Crippen molar-refractivity contribution in [1.82, 2.24) is 15.1 Å². The molecule has 2 amide bonds. The fraction of sp³-hybridized carbons (Fsp3) is 0.414. The summed E-state index contributed by atoms with van der Waals surface area (Å²) >= 11 is 0. The highest BCUT2D eigenvalue weighted by molar-refractivity contribution is 6.01. The predicted octanol–water partition coefficient (Wildman–Crippen LogP) is 3.38. The number of anilines is 2. The van der Waals surface area contributed by atoms with E-state index in [0.717, 1.165) is 56.0 Å². The lowest BCUT2D eigenvalue weighted by Crippen LogP contribution is -2.58. The molecule has 1 spiro atoms. The van der Waals surface area contributed by atoms with Crippen LogP contribution in [0.25, 0.3) is 0 Å². The molecule has 198 valence electrons. The molecule has 38 heavy (non-hydrogen) atoms. The molecule has 1 N–H and O–H groups in total. The molecule has 9 nitrogen and oxygen atoms in total. The smallest absolute Gasteiger partial charge is 0.342 e. The van der Waals surface area contributed by atoms with E-state index in [1.54, 1.807) is 24.3 Å². The maximum Gasteiger partial charge on any atom is 0.342 e. The minimum Gasteiger partial charge on any atom is -0.489 e. The summed E-state index contributed by atoms with van der Waals surface area (Å²) in [7, 11) is 1.72. The van der Waals surface area contributed by atoms with Crippen molar-refractivity contribution in [2.75, 3.05) is 49.8 Å². The molecule has 4 heterocycles. The van der Waals surface area contributed by atoms with Crippen LogP contribution in [-0.2, 0) is 16.0 Å². The van der Waals surface area contributed by atoms with Crippen molar-refractivity contribution in [3.63, 3.8) is 0 Å². The molecule has 2 fully saturated rings. The van der Waals surface area contributed by atoms with Crippen LogP contribution in [0, 0.1) is 12.3 Å². The molecule has 0 bridgehead atoms. The molecule has 0 unspecified atom stereocenters. The summed E-state index contributed by atoms with van der Waals surface area (Å²) in [6.07, 6.45) is 6.24. The zero-order valence-electron chi connectivity index (χ0n) is 21.9. The van der Waals surface area contributed by atoms with E-state index in [1.807, 2.05) is 25.1 Å². The van der Waals surface area contributed by atoms with Crippen LogP contribution in [0.3, 0.4) is 0 Å². The highest BCUT2D eigenvalue weighted by atomic mass is 16.5. The van der Waals surface area contributed by atoms with Gasteiger partial charge in [0.2, 0.25) is 0 Å². The first-order valence-corrected chi connectivity index (χ1v) is 13.2. The number of hydrogen-bond donors (Lipinski definition) is 1.